The second-order valence-electron chi connectivity index (χ2n) is 5.25. The van der Waals surface area contributed by atoms with Crippen molar-refractivity contribution in [3.05, 3.63) is 88.9 Å². The van der Waals surface area contributed by atoms with Gasteiger partial charge in [0.15, 0.2) is 12.4 Å². The van der Waals surface area contributed by atoms with Crippen molar-refractivity contribution < 1.29 is 31.1 Å². The van der Waals surface area contributed by atoms with Crippen molar-refractivity contribution in [3.63, 3.8) is 0 Å². The Labute approximate surface area is 165 Å². The Morgan fingerprint density at radius 2 is 1.76 bits per heavy atom. The van der Waals surface area contributed by atoms with Crippen molar-refractivity contribution in [1.82, 2.24) is 4.98 Å². The second kappa shape index (κ2) is 9.44. The summed E-state index contributed by atoms with van der Waals surface area (Å²) in [5.74, 6) is 0.808. The van der Waals surface area contributed by atoms with Crippen LogP contribution in [0.25, 0.3) is 0 Å². The van der Waals surface area contributed by atoms with Crippen LogP contribution in [0.5, 0.6) is 5.75 Å². The summed E-state index contributed by atoms with van der Waals surface area (Å²) in [5, 5.41) is 0. The van der Waals surface area contributed by atoms with Crippen molar-refractivity contribution in [2.45, 2.75) is 13.2 Å². The number of benzene rings is 1. The number of Topliss-reactive ketones (excluding diaryl/α,β-unsaturated/α-hetero) is 1. The van der Waals surface area contributed by atoms with E-state index in [1.807, 2.05) is 71.6 Å². The van der Waals surface area contributed by atoms with E-state index in [-0.39, 0.29) is 22.8 Å². The Hall–Kier alpha value is -2.05. The molecule has 0 fully saturated rings. The topological polar surface area (TPSA) is 43.1 Å². The average molecular weight is 464 g/mol. The van der Waals surface area contributed by atoms with E-state index in [2.05, 4.69) is 20.9 Å². The van der Waals surface area contributed by atoms with Gasteiger partial charge in [0.2, 0.25) is 12.3 Å². The first-order valence-electron chi connectivity index (χ1n) is 7.51. The maximum Gasteiger partial charge on any atom is 0.227 e. The summed E-state index contributed by atoms with van der Waals surface area (Å²) in [4.78, 5) is 16.5. The van der Waals surface area contributed by atoms with E-state index in [1.54, 1.807) is 6.20 Å². The van der Waals surface area contributed by atoms with Crippen LogP contribution in [0, 0.1) is 0 Å². The van der Waals surface area contributed by atoms with Gasteiger partial charge in [0.25, 0.3) is 0 Å². The molecule has 0 aliphatic rings. The van der Waals surface area contributed by atoms with Crippen molar-refractivity contribution in [3.8, 4) is 5.75 Å². The molecule has 0 amide bonds. The summed E-state index contributed by atoms with van der Waals surface area (Å²) in [6.45, 7) is 0.713. The van der Waals surface area contributed by atoms with Gasteiger partial charge < -0.3 is 21.7 Å². The van der Waals surface area contributed by atoms with Crippen LogP contribution < -0.4 is 26.3 Å². The van der Waals surface area contributed by atoms with E-state index in [0.717, 1.165) is 15.9 Å². The lowest BCUT2D eigenvalue weighted by atomic mass is 10.1. The molecule has 2 heterocycles. The maximum absolute atomic E-state index is 12.2. The van der Waals surface area contributed by atoms with Gasteiger partial charge in [-0.2, -0.15) is 4.57 Å². The third-order valence-corrected chi connectivity index (χ3v) is 3.99. The molecule has 0 N–H and O–H groups in total. The summed E-state index contributed by atoms with van der Waals surface area (Å²) in [7, 11) is 0. The highest BCUT2D eigenvalue weighted by atomic mass is 79.9. The standard InChI is InChI=1S/C19H16BrN2O2.BrH/c20-16-6-4-15(5-7-16)19(23)13-22-11-8-18(9-12-22)24-14-17-3-1-2-10-21-17;/h1-12H,13-14H2;1H/q+1;/p-1. The lowest BCUT2D eigenvalue weighted by Gasteiger charge is -2.04. The number of carbonyl (C=O) groups excluding carboxylic acids is 1. The highest BCUT2D eigenvalue weighted by Gasteiger charge is 2.12. The largest absolute Gasteiger partial charge is 1.00 e. The number of ether oxygens (including phenoxy) is 1. The predicted octanol–water partition coefficient (Wildman–Crippen LogP) is 0.597. The molecule has 0 bridgehead atoms. The number of ketones is 1. The zero-order valence-electron chi connectivity index (χ0n) is 13.3. The van der Waals surface area contributed by atoms with Gasteiger partial charge in [0, 0.05) is 28.4 Å². The van der Waals surface area contributed by atoms with Gasteiger partial charge in [0.1, 0.15) is 12.4 Å². The molecule has 0 aliphatic carbocycles. The van der Waals surface area contributed by atoms with Gasteiger partial charge in [-0.1, -0.05) is 34.1 Å². The van der Waals surface area contributed by atoms with Gasteiger partial charge in [-0.15, -0.1) is 0 Å². The summed E-state index contributed by atoms with van der Waals surface area (Å²) in [6, 6.07) is 16.8. The molecular formula is C19H16Br2N2O2. The fourth-order valence-electron chi connectivity index (χ4n) is 2.18. The molecule has 0 aliphatic heterocycles. The fraction of sp³-hybridized carbons (Fsp3) is 0.105. The second-order valence-corrected chi connectivity index (χ2v) is 6.16. The van der Waals surface area contributed by atoms with Gasteiger partial charge in [-0.05, 0) is 24.3 Å². The van der Waals surface area contributed by atoms with Crippen LogP contribution in [0.3, 0.4) is 0 Å². The van der Waals surface area contributed by atoms with Gasteiger partial charge in [-0.25, -0.2) is 0 Å². The molecule has 128 valence electrons. The van der Waals surface area contributed by atoms with E-state index in [4.69, 9.17) is 4.74 Å². The number of nitrogens with zero attached hydrogens (tertiary/aromatic N) is 2. The monoisotopic (exact) mass is 462 g/mol. The molecule has 3 rings (SSSR count). The summed E-state index contributed by atoms with van der Waals surface area (Å²) < 4.78 is 8.47. The third-order valence-electron chi connectivity index (χ3n) is 3.47. The molecule has 0 saturated carbocycles. The zero-order valence-corrected chi connectivity index (χ0v) is 16.5. The molecule has 2 aromatic heterocycles. The van der Waals surface area contributed by atoms with E-state index in [9.17, 15) is 4.79 Å². The predicted molar refractivity (Wildman–Crippen MR) is 93.7 cm³/mol. The number of carbonyl (C=O) groups is 1. The summed E-state index contributed by atoms with van der Waals surface area (Å²) in [6.07, 6.45) is 5.42. The van der Waals surface area contributed by atoms with Gasteiger partial charge in [-0.3, -0.25) is 9.78 Å². The number of hydrogen-bond acceptors (Lipinski definition) is 3. The van der Waals surface area contributed by atoms with Crippen molar-refractivity contribution >= 4 is 21.7 Å². The van der Waals surface area contributed by atoms with Gasteiger partial charge in [0.05, 0.1) is 5.69 Å². The molecule has 1 aromatic carbocycles. The molecule has 0 saturated heterocycles. The van der Waals surface area contributed by atoms with Crippen LogP contribution in [-0.4, -0.2) is 10.8 Å². The van der Waals surface area contributed by atoms with Crippen molar-refractivity contribution in [2.24, 2.45) is 0 Å². The molecule has 0 spiro atoms. The van der Waals surface area contributed by atoms with Crippen molar-refractivity contribution in [1.29, 1.82) is 0 Å². The average Bonchev–Trinajstić information content (AvgIpc) is 2.62. The van der Waals surface area contributed by atoms with Crippen LogP contribution in [0.1, 0.15) is 16.1 Å². The van der Waals surface area contributed by atoms with Crippen LogP contribution in [0.2, 0.25) is 0 Å². The first kappa shape index (κ1) is 19.3. The van der Waals surface area contributed by atoms with Crippen LogP contribution in [0.4, 0.5) is 0 Å². The third kappa shape index (κ3) is 5.76. The first-order valence-corrected chi connectivity index (χ1v) is 8.30. The Kier molecular flexibility index (Phi) is 7.28. The van der Waals surface area contributed by atoms with Crippen molar-refractivity contribution in [2.75, 3.05) is 0 Å². The molecular weight excluding hydrogens is 448 g/mol. The molecule has 0 radical (unpaired) electrons. The summed E-state index contributed by atoms with van der Waals surface area (Å²) >= 11 is 3.37. The SMILES string of the molecule is O=C(C[n+]1ccc(OCc2ccccn2)cc1)c1ccc(Br)cc1.[Br-]. The normalized spacial score (nSPS) is 9.96. The Morgan fingerprint density at radius 3 is 2.40 bits per heavy atom. The van der Waals surface area contributed by atoms with Gasteiger partial charge >= 0.3 is 0 Å². The number of pyridine rings is 2. The number of halogens is 2. The lowest BCUT2D eigenvalue weighted by Crippen LogP contribution is -3.00. The summed E-state index contributed by atoms with van der Waals surface area (Å²) in [5.41, 5.74) is 1.57. The molecule has 0 unspecified atom stereocenters. The minimum Gasteiger partial charge on any atom is -1.00 e. The quantitative estimate of drug-likeness (QED) is 0.397. The van der Waals surface area contributed by atoms with Crippen LogP contribution in [-0.2, 0) is 13.2 Å². The van der Waals surface area contributed by atoms with Crippen LogP contribution in [0.15, 0.2) is 77.7 Å². The minimum absolute atomic E-state index is 0. The van der Waals surface area contributed by atoms with E-state index >= 15 is 0 Å². The minimum atomic E-state index is 0. The molecule has 4 nitrogen and oxygen atoms in total. The maximum atomic E-state index is 12.2. The Morgan fingerprint density at radius 1 is 1.04 bits per heavy atom. The highest BCUT2D eigenvalue weighted by Crippen LogP contribution is 2.12. The first-order chi connectivity index (χ1) is 11.7. The smallest absolute Gasteiger partial charge is 0.227 e. The molecule has 3 aromatic rings. The van der Waals surface area contributed by atoms with E-state index < -0.39 is 0 Å². The van der Waals surface area contributed by atoms with E-state index in [0.29, 0.717) is 18.7 Å². The molecule has 6 heteroatoms. The van der Waals surface area contributed by atoms with E-state index in [1.165, 1.54) is 0 Å². The molecule has 25 heavy (non-hydrogen) atoms. The highest BCUT2D eigenvalue weighted by molar-refractivity contribution is 9.10. The zero-order chi connectivity index (χ0) is 16.8. The number of hydrogen-bond donors (Lipinski definition) is 0. The van der Waals surface area contributed by atoms with Crippen LogP contribution >= 0.6 is 15.9 Å². The molecule has 0 atom stereocenters. The number of rotatable bonds is 6. The Bertz CT molecular complexity index is 807. The lowest BCUT2D eigenvalue weighted by molar-refractivity contribution is -0.683. The number of aromatic nitrogens is 2. The fourth-order valence-corrected chi connectivity index (χ4v) is 2.44. The Balaban J connectivity index is 0.00000225.